The topological polar surface area (TPSA) is 35.2 Å². The highest BCUT2D eigenvalue weighted by atomic mass is 19.1. The van der Waals surface area contributed by atoms with E-state index in [2.05, 4.69) is 0 Å². The maximum absolute atomic E-state index is 13.1. The lowest BCUT2D eigenvalue weighted by Gasteiger charge is -2.10. The van der Waals surface area contributed by atoms with Gasteiger partial charge in [-0.3, -0.25) is 0 Å². The Morgan fingerprint density at radius 3 is 2.42 bits per heavy atom. The van der Waals surface area contributed by atoms with Crippen LogP contribution in [-0.4, -0.2) is 0 Å². The summed E-state index contributed by atoms with van der Waals surface area (Å²) in [5.41, 5.74) is 6.62. The van der Waals surface area contributed by atoms with Crippen LogP contribution >= 0.6 is 0 Å². The van der Waals surface area contributed by atoms with E-state index in [1.165, 1.54) is 12.1 Å². The summed E-state index contributed by atoms with van der Waals surface area (Å²) in [6.45, 7) is 0. The molecule has 0 bridgehead atoms. The van der Waals surface area contributed by atoms with Crippen LogP contribution in [0.15, 0.2) is 60.7 Å². The summed E-state index contributed by atoms with van der Waals surface area (Å²) < 4.78 is 18.9. The minimum absolute atomic E-state index is 0.322. The second kappa shape index (κ2) is 4.61. The molecule has 0 spiro atoms. The van der Waals surface area contributed by atoms with Crippen molar-refractivity contribution in [1.82, 2.24) is 0 Å². The van der Waals surface area contributed by atoms with Crippen molar-refractivity contribution < 1.29 is 9.13 Å². The average molecular weight is 253 g/mol. The van der Waals surface area contributed by atoms with E-state index in [4.69, 9.17) is 10.5 Å². The van der Waals surface area contributed by atoms with Gasteiger partial charge in [-0.05, 0) is 24.3 Å². The van der Waals surface area contributed by atoms with Gasteiger partial charge < -0.3 is 10.5 Å². The van der Waals surface area contributed by atoms with Crippen molar-refractivity contribution in [3.05, 3.63) is 66.5 Å². The van der Waals surface area contributed by atoms with E-state index in [0.717, 1.165) is 10.8 Å². The highest BCUT2D eigenvalue weighted by Crippen LogP contribution is 2.33. The summed E-state index contributed by atoms with van der Waals surface area (Å²) in [7, 11) is 0. The Morgan fingerprint density at radius 1 is 0.842 bits per heavy atom. The first-order valence-corrected chi connectivity index (χ1v) is 5.95. The zero-order valence-corrected chi connectivity index (χ0v) is 10.1. The van der Waals surface area contributed by atoms with Crippen LogP contribution in [0.5, 0.6) is 11.5 Å². The standard InChI is InChI=1S/C16H12FNO/c17-11-4-3-5-12(10-11)19-16-9-8-15(18)13-6-1-2-7-14(13)16/h1-10H,18H2. The molecule has 3 aromatic carbocycles. The summed E-state index contributed by atoms with van der Waals surface area (Å²) in [5.74, 6) is 0.808. The predicted molar refractivity (Wildman–Crippen MR) is 74.8 cm³/mol. The van der Waals surface area contributed by atoms with Crippen LogP contribution in [0.1, 0.15) is 0 Å². The molecule has 0 aromatic heterocycles. The molecular weight excluding hydrogens is 241 g/mol. The van der Waals surface area contributed by atoms with Crippen LogP contribution < -0.4 is 10.5 Å². The zero-order valence-electron chi connectivity index (χ0n) is 10.1. The molecule has 0 saturated carbocycles. The van der Waals surface area contributed by atoms with Gasteiger partial charge in [0.15, 0.2) is 0 Å². The Morgan fingerprint density at radius 2 is 1.63 bits per heavy atom. The zero-order chi connectivity index (χ0) is 13.2. The predicted octanol–water partition coefficient (Wildman–Crippen LogP) is 4.35. The third kappa shape index (κ3) is 2.22. The first kappa shape index (κ1) is 11.5. The van der Waals surface area contributed by atoms with Gasteiger partial charge in [0.05, 0.1) is 0 Å². The van der Waals surface area contributed by atoms with Crippen LogP contribution in [0.4, 0.5) is 10.1 Å². The summed E-state index contributed by atoms with van der Waals surface area (Å²) >= 11 is 0. The van der Waals surface area contributed by atoms with Gasteiger partial charge in [0.25, 0.3) is 0 Å². The molecule has 3 heteroatoms. The number of nitrogen functional groups attached to an aromatic ring is 1. The number of halogens is 1. The quantitative estimate of drug-likeness (QED) is 0.689. The molecular formula is C16H12FNO. The Hall–Kier alpha value is -2.55. The number of rotatable bonds is 2. The number of hydrogen-bond donors (Lipinski definition) is 1. The van der Waals surface area contributed by atoms with Crippen LogP contribution in [0.25, 0.3) is 10.8 Å². The fourth-order valence-electron chi connectivity index (χ4n) is 2.04. The molecule has 0 saturated heterocycles. The van der Waals surface area contributed by atoms with Crippen molar-refractivity contribution in [3.63, 3.8) is 0 Å². The van der Waals surface area contributed by atoms with E-state index in [0.29, 0.717) is 17.2 Å². The lowest BCUT2D eigenvalue weighted by Crippen LogP contribution is -1.90. The number of benzene rings is 3. The highest BCUT2D eigenvalue weighted by molar-refractivity contribution is 5.97. The van der Waals surface area contributed by atoms with E-state index < -0.39 is 0 Å². The summed E-state index contributed by atoms with van der Waals surface area (Å²) in [6.07, 6.45) is 0. The first-order valence-electron chi connectivity index (χ1n) is 5.95. The lowest BCUT2D eigenvalue weighted by molar-refractivity contribution is 0.482. The molecule has 0 aliphatic rings. The van der Waals surface area contributed by atoms with Crippen molar-refractivity contribution >= 4 is 16.5 Å². The van der Waals surface area contributed by atoms with Gasteiger partial charge in [-0.1, -0.05) is 30.3 Å². The molecule has 0 aliphatic heterocycles. The van der Waals surface area contributed by atoms with E-state index >= 15 is 0 Å². The maximum atomic E-state index is 13.1. The molecule has 0 radical (unpaired) electrons. The number of hydrogen-bond acceptors (Lipinski definition) is 2. The second-order valence-electron chi connectivity index (χ2n) is 4.26. The Bertz CT molecular complexity index is 740. The fourth-order valence-corrected chi connectivity index (χ4v) is 2.04. The molecule has 2 N–H and O–H groups in total. The molecule has 0 heterocycles. The minimum atomic E-state index is -0.322. The normalized spacial score (nSPS) is 10.6. The summed E-state index contributed by atoms with van der Waals surface area (Å²) in [4.78, 5) is 0. The highest BCUT2D eigenvalue weighted by Gasteiger charge is 2.06. The van der Waals surface area contributed by atoms with E-state index in [-0.39, 0.29) is 5.82 Å². The summed E-state index contributed by atoms with van der Waals surface area (Å²) in [5, 5.41) is 1.84. The van der Waals surface area contributed by atoms with Crippen LogP contribution in [0, 0.1) is 5.82 Å². The van der Waals surface area contributed by atoms with E-state index in [1.807, 2.05) is 24.3 Å². The number of ether oxygens (including phenoxy) is 1. The smallest absolute Gasteiger partial charge is 0.135 e. The molecule has 0 amide bonds. The van der Waals surface area contributed by atoms with Gasteiger partial charge >= 0.3 is 0 Å². The number of anilines is 1. The maximum Gasteiger partial charge on any atom is 0.135 e. The van der Waals surface area contributed by atoms with Crippen LogP contribution in [-0.2, 0) is 0 Å². The van der Waals surface area contributed by atoms with Gasteiger partial charge in [-0.25, -0.2) is 4.39 Å². The van der Waals surface area contributed by atoms with Crippen molar-refractivity contribution in [2.45, 2.75) is 0 Å². The molecule has 3 aromatic rings. The van der Waals surface area contributed by atoms with Gasteiger partial charge in [-0.2, -0.15) is 0 Å². The molecule has 3 rings (SSSR count). The molecule has 2 nitrogen and oxygen atoms in total. The van der Waals surface area contributed by atoms with Crippen molar-refractivity contribution in [2.24, 2.45) is 0 Å². The Labute approximate surface area is 110 Å². The number of fused-ring (bicyclic) bond motifs is 1. The molecule has 0 aliphatic carbocycles. The lowest BCUT2D eigenvalue weighted by atomic mass is 10.1. The van der Waals surface area contributed by atoms with Crippen molar-refractivity contribution in [1.29, 1.82) is 0 Å². The second-order valence-corrected chi connectivity index (χ2v) is 4.26. The average Bonchev–Trinajstić information content (AvgIpc) is 2.42. The summed E-state index contributed by atoms with van der Waals surface area (Å²) in [6, 6.07) is 17.4. The van der Waals surface area contributed by atoms with Gasteiger partial charge in [0.2, 0.25) is 0 Å². The monoisotopic (exact) mass is 253 g/mol. The molecule has 94 valence electrons. The van der Waals surface area contributed by atoms with Gasteiger partial charge in [0, 0.05) is 22.5 Å². The number of nitrogens with two attached hydrogens (primary N) is 1. The van der Waals surface area contributed by atoms with Crippen molar-refractivity contribution in [3.8, 4) is 11.5 Å². The Balaban J connectivity index is 2.09. The first-order chi connectivity index (χ1) is 9.24. The fraction of sp³-hybridized carbons (Fsp3) is 0. The Kier molecular flexibility index (Phi) is 2.80. The molecule has 19 heavy (non-hydrogen) atoms. The van der Waals surface area contributed by atoms with Crippen LogP contribution in [0.3, 0.4) is 0 Å². The van der Waals surface area contributed by atoms with Crippen LogP contribution in [0.2, 0.25) is 0 Å². The third-order valence-corrected chi connectivity index (χ3v) is 2.94. The molecule has 0 atom stereocenters. The van der Waals surface area contributed by atoms with Gasteiger partial charge in [0.1, 0.15) is 17.3 Å². The third-order valence-electron chi connectivity index (χ3n) is 2.94. The largest absolute Gasteiger partial charge is 0.457 e. The molecule has 0 unspecified atom stereocenters. The SMILES string of the molecule is Nc1ccc(Oc2cccc(F)c2)c2ccccc12. The van der Waals surface area contributed by atoms with Crippen molar-refractivity contribution in [2.75, 3.05) is 5.73 Å². The van der Waals surface area contributed by atoms with Gasteiger partial charge in [-0.15, -0.1) is 0 Å². The minimum Gasteiger partial charge on any atom is -0.457 e. The van der Waals surface area contributed by atoms with E-state index in [1.54, 1.807) is 24.3 Å². The molecule has 0 fully saturated rings. The van der Waals surface area contributed by atoms with E-state index in [9.17, 15) is 4.39 Å².